The van der Waals surface area contributed by atoms with Gasteiger partial charge in [-0.15, -0.1) is 10.2 Å². The number of aryl methyl sites for hydroxylation is 2. The van der Waals surface area contributed by atoms with Crippen molar-refractivity contribution < 1.29 is 24.2 Å². The Balaban J connectivity index is 1.92. The summed E-state index contributed by atoms with van der Waals surface area (Å²) in [6.07, 6.45) is -2.17. The maximum Gasteiger partial charge on any atom is 0.270 e. The Kier molecular flexibility index (Phi) is 6.70. The largest absolute Gasteiger partial charge is 0.479 e. The number of benzene rings is 2. The number of non-ortho nitro benzene ring substituents is 1. The average molecular weight is 485 g/mol. The second-order valence-corrected chi connectivity index (χ2v) is 8.62. The van der Waals surface area contributed by atoms with E-state index in [2.05, 4.69) is 15.4 Å². The van der Waals surface area contributed by atoms with Crippen molar-refractivity contribution in [3.63, 3.8) is 0 Å². The highest BCUT2D eigenvalue weighted by Gasteiger charge is 2.54. The second kappa shape index (κ2) is 9.56. The molecule has 0 fully saturated rings. The maximum atomic E-state index is 11.8. The Bertz CT molecular complexity index is 1200. The Morgan fingerprint density at radius 1 is 1.26 bits per heavy atom. The van der Waals surface area contributed by atoms with E-state index in [9.17, 15) is 15.2 Å². The number of anilines is 1. The summed E-state index contributed by atoms with van der Waals surface area (Å²) in [6, 6.07) is 11.2. The quantitative estimate of drug-likeness (QED) is 0.288. The first-order valence-electron chi connectivity index (χ1n) is 10.9. The van der Waals surface area contributed by atoms with Crippen LogP contribution in [0.15, 0.2) is 42.5 Å². The Labute approximate surface area is 202 Å². The summed E-state index contributed by atoms with van der Waals surface area (Å²) in [5, 5.41) is 35.7. The molecule has 0 saturated heterocycles. The van der Waals surface area contributed by atoms with E-state index in [4.69, 9.17) is 14.2 Å². The first-order chi connectivity index (χ1) is 16.7. The minimum atomic E-state index is -1.35. The monoisotopic (exact) mass is 484 g/mol. The number of rotatable bonds is 8. The van der Waals surface area contributed by atoms with Crippen molar-refractivity contribution in [2.24, 2.45) is 7.05 Å². The number of aromatic nitrogens is 4. The number of methoxy groups -OCH3 is 2. The highest BCUT2D eigenvalue weighted by Crippen LogP contribution is 2.47. The van der Waals surface area contributed by atoms with Crippen LogP contribution in [-0.4, -0.2) is 62.5 Å². The van der Waals surface area contributed by atoms with Gasteiger partial charge in [-0.3, -0.25) is 10.1 Å². The fourth-order valence-electron chi connectivity index (χ4n) is 4.47. The summed E-state index contributed by atoms with van der Waals surface area (Å²) >= 11 is 0. The second-order valence-electron chi connectivity index (χ2n) is 8.62. The lowest BCUT2D eigenvalue weighted by Crippen LogP contribution is -2.62. The number of ether oxygens (including phenoxy) is 3. The summed E-state index contributed by atoms with van der Waals surface area (Å²) < 4.78 is 17.2. The number of nitrogens with zero attached hydrogens (tertiary/aromatic N) is 6. The topological polar surface area (TPSA) is 138 Å². The third-order valence-corrected chi connectivity index (χ3v) is 6.20. The number of tetrazole rings is 1. The molecule has 0 radical (unpaired) electrons. The Hall–Kier alpha value is -3.61. The number of hydrogen-bond donors (Lipinski definition) is 1. The molecule has 2 aromatic carbocycles. The van der Waals surface area contributed by atoms with Crippen LogP contribution < -0.4 is 9.64 Å². The van der Waals surface area contributed by atoms with Crippen LogP contribution >= 0.6 is 0 Å². The SMILES string of the molecule is COC(OC)[C@@]1(C)Oc2ccc([N+](=O)[O-])cc2[C@H](N(Cc2nnn(C)n2)c2ccc(C)cc2)[C@H]1O. The molecule has 0 spiro atoms. The molecule has 1 aromatic heterocycles. The fraction of sp³-hybridized carbons (Fsp3) is 0.435. The molecule has 1 aliphatic rings. The van der Waals surface area contributed by atoms with Crippen LogP contribution in [0.4, 0.5) is 11.4 Å². The number of fused-ring (bicyclic) bond motifs is 1. The van der Waals surface area contributed by atoms with Gasteiger partial charge in [0.25, 0.3) is 5.69 Å². The van der Waals surface area contributed by atoms with Crippen LogP contribution in [0.25, 0.3) is 0 Å². The molecule has 12 heteroatoms. The minimum Gasteiger partial charge on any atom is -0.479 e. The predicted molar refractivity (Wildman–Crippen MR) is 125 cm³/mol. The first kappa shape index (κ1) is 24.5. The lowest BCUT2D eigenvalue weighted by molar-refractivity contribution is -0.385. The molecule has 35 heavy (non-hydrogen) atoms. The molecule has 1 N–H and O–H groups in total. The smallest absolute Gasteiger partial charge is 0.270 e. The average Bonchev–Trinajstić information content (AvgIpc) is 3.24. The first-order valence-corrected chi connectivity index (χ1v) is 10.9. The van der Waals surface area contributed by atoms with Crippen LogP contribution in [-0.2, 0) is 23.1 Å². The van der Waals surface area contributed by atoms with Crippen LogP contribution in [0.1, 0.15) is 29.9 Å². The normalized spacial score (nSPS) is 21.5. The Morgan fingerprint density at radius 3 is 2.51 bits per heavy atom. The third kappa shape index (κ3) is 4.55. The van der Waals surface area contributed by atoms with Gasteiger partial charge in [-0.05, 0) is 37.3 Å². The molecule has 3 atom stereocenters. The van der Waals surface area contributed by atoms with Gasteiger partial charge in [-0.2, -0.15) is 4.80 Å². The van der Waals surface area contributed by atoms with E-state index >= 15 is 0 Å². The van der Waals surface area contributed by atoms with Crippen molar-refractivity contribution >= 4 is 11.4 Å². The van der Waals surface area contributed by atoms with Crippen molar-refractivity contribution in [1.29, 1.82) is 0 Å². The predicted octanol–water partition coefficient (Wildman–Crippen LogP) is 2.31. The summed E-state index contributed by atoms with van der Waals surface area (Å²) in [6.45, 7) is 3.82. The van der Waals surface area contributed by atoms with Crippen molar-refractivity contribution in [2.45, 2.75) is 44.4 Å². The van der Waals surface area contributed by atoms with Gasteiger partial charge in [-0.25, -0.2) is 0 Å². The van der Waals surface area contributed by atoms with Crippen LogP contribution in [0.3, 0.4) is 0 Å². The molecular weight excluding hydrogens is 456 g/mol. The van der Waals surface area contributed by atoms with Crippen molar-refractivity contribution in [1.82, 2.24) is 20.2 Å². The van der Waals surface area contributed by atoms with E-state index in [1.165, 1.54) is 37.2 Å². The zero-order chi connectivity index (χ0) is 25.3. The zero-order valence-electron chi connectivity index (χ0n) is 20.2. The van der Waals surface area contributed by atoms with Crippen molar-refractivity contribution in [2.75, 3.05) is 19.1 Å². The maximum absolute atomic E-state index is 11.8. The van der Waals surface area contributed by atoms with Crippen LogP contribution in [0.5, 0.6) is 5.75 Å². The highest BCUT2D eigenvalue weighted by atomic mass is 16.7. The summed E-state index contributed by atoms with van der Waals surface area (Å²) in [7, 11) is 4.57. The van der Waals surface area contributed by atoms with E-state index in [1.807, 2.05) is 36.1 Å². The molecule has 4 rings (SSSR count). The van der Waals surface area contributed by atoms with Crippen LogP contribution in [0.2, 0.25) is 0 Å². The van der Waals surface area contributed by atoms with Crippen LogP contribution in [0, 0.1) is 17.0 Å². The number of aliphatic hydroxyl groups excluding tert-OH is 1. The fourth-order valence-corrected chi connectivity index (χ4v) is 4.47. The molecule has 0 amide bonds. The van der Waals surface area contributed by atoms with E-state index in [0.29, 0.717) is 17.1 Å². The molecule has 0 unspecified atom stereocenters. The molecule has 0 saturated carbocycles. The lowest BCUT2D eigenvalue weighted by atomic mass is 9.83. The molecule has 0 bridgehead atoms. The summed E-state index contributed by atoms with van der Waals surface area (Å²) in [4.78, 5) is 14.3. The number of hydrogen-bond acceptors (Lipinski definition) is 10. The number of nitro benzene ring substituents is 1. The molecule has 186 valence electrons. The highest BCUT2D eigenvalue weighted by molar-refractivity contribution is 5.56. The van der Waals surface area contributed by atoms with Gasteiger partial charge in [0, 0.05) is 37.6 Å². The molecule has 1 aliphatic heterocycles. The van der Waals surface area contributed by atoms with E-state index in [0.717, 1.165) is 11.3 Å². The van der Waals surface area contributed by atoms with Gasteiger partial charge < -0.3 is 24.2 Å². The van der Waals surface area contributed by atoms with Crippen molar-refractivity contribution in [3.05, 3.63) is 69.5 Å². The van der Waals surface area contributed by atoms with Gasteiger partial charge in [0.2, 0.25) is 0 Å². The molecule has 12 nitrogen and oxygen atoms in total. The molecular formula is C23H28N6O6. The van der Waals surface area contributed by atoms with Gasteiger partial charge in [0.05, 0.1) is 24.6 Å². The van der Waals surface area contributed by atoms with Crippen molar-refractivity contribution in [3.8, 4) is 5.75 Å². The van der Waals surface area contributed by atoms with Gasteiger partial charge in [-0.1, -0.05) is 17.7 Å². The summed E-state index contributed by atoms with van der Waals surface area (Å²) in [5.41, 5.74) is 0.777. The Morgan fingerprint density at radius 2 is 1.94 bits per heavy atom. The van der Waals surface area contributed by atoms with Gasteiger partial charge in [0.1, 0.15) is 11.9 Å². The minimum absolute atomic E-state index is 0.121. The standard InChI is InChI=1S/C23H28N6O6/c1-14-6-8-15(9-7-14)28(13-19-24-26-27(3)25-19)20-17-12-16(29(31)32)10-11-18(17)35-23(2,21(20)30)22(33-4)34-5/h6-12,20-22,30H,13H2,1-5H3/t20-,21+,23-/m0/s1. The number of aliphatic hydroxyl groups is 1. The number of nitro groups is 1. The van der Waals surface area contributed by atoms with Gasteiger partial charge in [0.15, 0.2) is 17.7 Å². The van der Waals surface area contributed by atoms with E-state index in [-0.39, 0.29) is 12.2 Å². The van der Waals surface area contributed by atoms with E-state index in [1.54, 1.807) is 14.0 Å². The van der Waals surface area contributed by atoms with E-state index < -0.39 is 29.0 Å². The lowest BCUT2D eigenvalue weighted by Gasteiger charge is -2.49. The van der Waals surface area contributed by atoms with Gasteiger partial charge >= 0.3 is 0 Å². The molecule has 3 aromatic rings. The summed E-state index contributed by atoms with van der Waals surface area (Å²) in [5.74, 6) is 0.784. The third-order valence-electron chi connectivity index (χ3n) is 6.20. The zero-order valence-corrected chi connectivity index (χ0v) is 20.2. The molecule has 0 aliphatic carbocycles. The molecule has 2 heterocycles.